The average Bonchev–Trinajstić information content (AvgIpc) is 2.95. The fourth-order valence-electron chi connectivity index (χ4n) is 2.23. The average molecular weight is 297 g/mol. The Morgan fingerprint density at radius 1 is 1.62 bits per heavy atom. The van der Waals surface area contributed by atoms with Gasteiger partial charge in [-0.25, -0.2) is 10.5 Å². The topological polar surface area (TPSA) is 112 Å². The number of hydrogen-bond donors (Lipinski definition) is 2. The molecule has 2 heterocycles. The molecule has 1 aliphatic heterocycles. The fraction of sp³-hybridized carbons (Fsp3) is 0.583. The molecule has 1 unspecified atom stereocenters. The van der Waals surface area contributed by atoms with Gasteiger partial charge in [-0.3, -0.25) is 9.59 Å². The third kappa shape index (κ3) is 4.00. The lowest BCUT2D eigenvalue weighted by Crippen LogP contribution is -2.30. The summed E-state index contributed by atoms with van der Waals surface area (Å²) in [4.78, 5) is 29.5. The van der Waals surface area contributed by atoms with Crippen LogP contribution in [0.2, 0.25) is 0 Å². The molecule has 116 valence electrons. The minimum Gasteiger partial charge on any atom is -0.380 e. The number of carbonyl (C=O) groups is 1. The molecule has 1 aliphatic rings. The van der Waals surface area contributed by atoms with Crippen molar-refractivity contribution in [1.29, 1.82) is 0 Å². The van der Waals surface area contributed by atoms with E-state index in [2.05, 4.69) is 14.8 Å². The molecule has 0 spiro atoms. The van der Waals surface area contributed by atoms with Gasteiger partial charge in [-0.15, -0.1) is 0 Å². The Bertz CT molecular complexity index is 547. The van der Waals surface area contributed by atoms with Crippen molar-refractivity contribution >= 4 is 11.7 Å². The van der Waals surface area contributed by atoms with Gasteiger partial charge in [0.15, 0.2) is 0 Å². The van der Waals surface area contributed by atoms with Gasteiger partial charge in [-0.1, -0.05) is 5.59 Å². The summed E-state index contributed by atoms with van der Waals surface area (Å²) in [6.45, 7) is 1.72. The lowest BCUT2D eigenvalue weighted by atomic mass is 10.3. The Balaban J connectivity index is 1.98. The van der Waals surface area contributed by atoms with Crippen LogP contribution in [0.15, 0.2) is 17.1 Å². The summed E-state index contributed by atoms with van der Waals surface area (Å²) in [6, 6.07) is 1.51. The number of ether oxygens (including phenoxy) is 1. The second-order valence-corrected chi connectivity index (χ2v) is 4.71. The van der Waals surface area contributed by atoms with Gasteiger partial charge < -0.3 is 14.5 Å². The maximum atomic E-state index is 12.0. The Kier molecular flexibility index (Phi) is 5.26. The minimum atomic E-state index is -0.558. The molecule has 1 fully saturated rings. The zero-order valence-electron chi connectivity index (χ0n) is 11.8. The van der Waals surface area contributed by atoms with Gasteiger partial charge in [-0.05, 0) is 6.42 Å². The van der Waals surface area contributed by atoms with Crippen molar-refractivity contribution < 1.29 is 14.4 Å². The molecule has 0 aliphatic carbocycles. The highest BCUT2D eigenvalue weighted by Gasteiger charge is 2.22. The molecule has 2 rings (SSSR count). The molecular weight excluding hydrogens is 278 g/mol. The van der Waals surface area contributed by atoms with Crippen LogP contribution < -0.4 is 21.9 Å². The number of aromatic nitrogens is 2. The first-order valence-electron chi connectivity index (χ1n) is 6.64. The van der Waals surface area contributed by atoms with E-state index >= 15 is 0 Å². The number of carbonyl (C=O) groups excluding carboxylic acids is 1. The number of aryl methyl sites for hydroxylation is 1. The Hall–Kier alpha value is -1.97. The summed E-state index contributed by atoms with van der Waals surface area (Å²) in [5, 5.41) is 4.07. The lowest BCUT2D eigenvalue weighted by Gasteiger charge is -2.17. The van der Waals surface area contributed by atoms with Gasteiger partial charge in [0.2, 0.25) is 0 Å². The van der Waals surface area contributed by atoms with Crippen LogP contribution in [-0.2, 0) is 20.9 Å². The van der Waals surface area contributed by atoms with Crippen LogP contribution in [0.25, 0.3) is 0 Å². The zero-order chi connectivity index (χ0) is 15.2. The van der Waals surface area contributed by atoms with Crippen LogP contribution in [0.1, 0.15) is 12.8 Å². The first kappa shape index (κ1) is 15.4. The highest BCUT2D eigenvalue weighted by atomic mass is 16.7. The molecule has 0 aromatic carbocycles. The van der Waals surface area contributed by atoms with Gasteiger partial charge >= 0.3 is 5.97 Å². The third-order valence-electron chi connectivity index (χ3n) is 3.40. The van der Waals surface area contributed by atoms with E-state index in [-0.39, 0.29) is 24.6 Å². The van der Waals surface area contributed by atoms with E-state index in [0.717, 1.165) is 25.2 Å². The maximum Gasteiger partial charge on any atom is 0.328 e. The van der Waals surface area contributed by atoms with Gasteiger partial charge in [-0.2, -0.15) is 5.10 Å². The van der Waals surface area contributed by atoms with E-state index < -0.39 is 5.97 Å². The lowest BCUT2D eigenvalue weighted by molar-refractivity contribution is -0.151. The van der Waals surface area contributed by atoms with Crippen molar-refractivity contribution in [2.75, 3.05) is 25.1 Å². The van der Waals surface area contributed by atoms with E-state index in [0.29, 0.717) is 0 Å². The molecule has 1 aromatic rings. The SMILES string of the molecule is COC1CCN(c2cnn(CCC(=O)ONN)c(=O)c2)C1. The zero-order valence-corrected chi connectivity index (χ0v) is 11.8. The second-order valence-electron chi connectivity index (χ2n) is 4.71. The molecule has 0 amide bonds. The molecule has 1 aromatic heterocycles. The predicted octanol–water partition coefficient (Wildman–Crippen LogP) is -1.22. The summed E-state index contributed by atoms with van der Waals surface area (Å²) in [6.07, 6.45) is 2.74. The summed E-state index contributed by atoms with van der Waals surface area (Å²) in [7, 11) is 1.68. The quantitative estimate of drug-likeness (QED) is 0.496. The van der Waals surface area contributed by atoms with Crippen molar-refractivity contribution in [2.45, 2.75) is 25.5 Å². The third-order valence-corrected chi connectivity index (χ3v) is 3.40. The van der Waals surface area contributed by atoms with Gasteiger partial charge in [0, 0.05) is 26.3 Å². The summed E-state index contributed by atoms with van der Waals surface area (Å²) in [5.74, 6) is 4.29. The molecule has 21 heavy (non-hydrogen) atoms. The van der Waals surface area contributed by atoms with Gasteiger partial charge in [0.1, 0.15) is 0 Å². The number of nitrogens with zero attached hydrogens (tertiary/aromatic N) is 3. The van der Waals surface area contributed by atoms with Crippen LogP contribution in [0, 0.1) is 0 Å². The Labute approximate surface area is 121 Å². The molecule has 1 atom stereocenters. The minimum absolute atomic E-state index is 0.00587. The number of anilines is 1. The van der Waals surface area contributed by atoms with Crippen molar-refractivity contribution in [3.8, 4) is 0 Å². The second kappa shape index (κ2) is 7.16. The van der Waals surface area contributed by atoms with Crippen LogP contribution in [0.3, 0.4) is 0 Å². The Morgan fingerprint density at radius 3 is 3.05 bits per heavy atom. The predicted molar refractivity (Wildman–Crippen MR) is 74.2 cm³/mol. The van der Waals surface area contributed by atoms with Crippen molar-refractivity contribution in [3.63, 3.8) is 0 Å². The summed E-state index contributed by atoms with van der Waals surface area (Å²) in [5.41, 5.74) is 2.30. The number of nitrogens with two attached hydrogens (primary N) is 1. The van der Waals surface area contributed by atoms with E-state index in [4.69, 9.17) is 10.6 Å². The summed E-state index contributed by atoms with van der Waals surface area (Å²) < 4.78 is 6.51. The van der Waals surface area contributed by atoms with Crippen LogP contribution in [0.5, 0.6) is 0 Å². The molecule has 1 saturated heterocycles. The van der Waals surface area contributed by atoms with Crippen LogP contribution in [0.4, 0.5) is 5.69 Å². The van der Waals surface area contributed by atoms with Crippen LogP contribution in [-0.4, -0.2) is 42.1 Å². The monoisotopic (exact) mass is 297 g/mol. The molecule has 9 nitrogen and oxygen atoms in total. The number of nitrogens with one attached hydrogen (secondary N) is 1. The first-order chi connectivity index (χ1) is 10.1. The molecule has 0 saturated carbocycles. The molecule has 9 heteroatoms. The molecule has 0 radical (unpaired) electrons. The van der Waals surface area contributed by atoms with E-state index in [1.54, 1.807) is 18.9 Å². The van der Waals surface area contributed by atoms with E-state index in [1.807, 2.05) is 0 Å². The normalized spacial score (nSPS) is 18.0. The molecule has 3 N–H and O–H groups in total. The number of hydrogen-bond acceptors (Lipinski definition) is 8. The fourth-order valence-corrected chi connectivity index (χ4v) is 2.23. The number of methoxy groups -OCH3 is 1. The van der Waals surface area contributed by atoms with Crippen molar-refractivity contribution in [2.24, 2.45) is 5.84 Å². The summed E-state index contributed by atoms with van der Waals surface area (Å²) >= 11 is 0. The smallest absolute Gasteiger partial charge is 0.328 e. The van der Waals surface area contributed by atoms with Gasteiger partial charge in [0.05, 0.1) is 31.0 Å². The number of rotatable bonds is 6. The van der Waals surface area contributed by atoms with E-state index in [1.165, 1.54) is 10.7 Å². The van der Waals surface area contributed by atoms with Crippen molar-refractivity contribution in [1.82, 2.24) is 15.4 Å². The van der Waals surface area contributed by atoms with E-state index in [9.17, 15) is 9.59 Å². The molecular formula is C12H19N5O4. The highest BCUT2D eigenvalue weighted by Crippen LogP contribution is 2.19. The van der Waals surface area contributed by atoms with Gasteiger partial charge in [0.25, 0.3) is 5.56 Å². The highest BCUT2D eigenvalue weighted by molar-refractivity contribution is 5.68. The van der Waals surface area contributed by atoms with Crippen LogP contribution >= 0.6 is 0 Å². The largest absolute Gasteiger partial charge is 0.380 e. The maximum absolute atomic E-state index is 12.0. The number of hydrazine groups is 1. The standard InChI is InChI=1S/C12H19N5O4/c1-20-10-2-4-16(8-10)9-6-11(18)17(14-7-9)5-3-12(19)21-15-13/h6-7,10,15H,2-5,8,13H2,1H3. The first-order valence-corrected chi connectivity index (χ1v) is 6.64. The molecule has 0 bridgehead atoms. The Morgan fingerprint density at radius 2 is 2.43 bits per heavy atom. The van der Waals surface area contributed by atoms with Crippen molar-refractivity contribution in [3.05, 3.63) is 22.6 Å².